The molecule has 1 heterocycles. The van der Waals surface area contributed by atoms with E-state index in [2.05, 4.69) is 12.1 Å². The number of aryl methyl sites for hydroxylation is 1. The number of hydrogen-bond donors (Lipinski definition) is 2. The first-order valence-electron chi connectivity index (χ1n) is 9.28. The lowest BCUT2D eigenvalue weighted by atomic mass is 10.1. The third-order valence-corrected chi connectivity index (χ3v) is 5.38. The molecule has 2 aromatic carbocycles. The molecule has 0 saturated heterocycles. The molecule has 0 bridgehead atoms. The van der Waals surface area contributed by atoms with Gasteiger partial charge in [0.15, 0.2) is 0 Å². The van der Waals surface area contributed by atoms with Crippen LogP contribution in [0.25, 0.3) is 11.0 Å². The van der Waals surface area contributed by atoms with E-state index in [0.29, 0.717) is 17.2 Å². The number of phenolic OH excluding ortho intramolecular Hbond substituents is 1. The van der Waals surface area contributed by atoms with Crippen molar-refractivity contribution in [3.05, 3.63) is 69.6 Å². The van der Waals surface area contributed by atoms with E-state index in [0.717, 1.165) is 29.8 Å². The number of ether oxygens (including phenoxy) is 1. The Labute approximate surface area is 157 Å². The van der Waals surface area contributed by atoms with Gasteiger partial charge in [0, 0.05) is 41.0 Å². The summed E-state index contributed by atoms with van der Waals surface area (Å²) in [5, 5.41) is 10.8. The largest absolute Gasteiger partial charge is 0.508 e. The minimum atomic E-state index is -0.370. The van der Waals surface area contributed by atoms with E-state index in [9.17, 15) is 9.90 Å². The van der Waals surface area contributed by atoms with Crippen LogP contribution in [-0.2, 0) is 13.1 Å². The predicted octanol–water partition coefficient (Wildman–Crippen LogP) is 2.56. The molecule has 27 heavy (non-hydrogen) atoms. The van der Waals surface area contributed by atoms with E-state index < -0.39 is 0 Å². The van der Waals surface area contributed by atoms with Gasteiger partial charge >= 0.3 is 5.63 Å². The molecule has 4 rings (SSSR count). The lowest BCUT2D eigenvalue weighted by molar-refractivity contribution is -0.938. The summed E-state index contributed by atoms with van der Waals surface area (Å²) in [6.07, 6.45) is 2.43. The molecule has 1 saturated carbocycles. The predicted molar refractivity (Wildman–Crippen MR) is 103 cm³/mol. The molecule has 0 spiro atoms. The van der Waals surface area contributed by atoms with Gasteiger partial charge in [0.05, 0.1) is 13.2 Å². The summed E-state index contributed by atoms with van der Waals surface area (Å²) in [4.78, 5) is 13.5. The Morgan fingerprint density at radius 2 is 1.89 bits per heavy atom. The molecule has 0 amide bonds. The van der Waals surface area contributed by atoms with Gasteiger partial charge in [-0.1, -0.05) is 0 Å². The molecule has 2 N–H and O–H groups in total. The van der Waals surface area contributed by atoms with E-state index in [4.69, 9.17) is 9.15 Å². The zero-order valence-corrected chi connectivity index (χ0v) is 15.6. The average Bonchev–Trinajstić information content (AvgIpc) is 3.50. The van der Waals surface area contributed by atoms with Crippen LogP contribution in [0.2, 0.25) is 0 Å². The second kappa shape index (κ2) is 7.08. The highest BCUT2D eigenvalue weighted by Gasteiger charge is 2.33. The standard InChI is InChI=1S/C22H23NO4/c1-14-20(24)10-9-19-16(11-21(25)27-22(14)19)13-23(17-5-6-17)12-15-3-7-18(26-2)8-4-15/h3-4,7-11,17,24H,5-6,12-13H2,1-2H3/p+1. The van der Waals surface area contributed by atoms with E-state index in [1.165, 1.54) is 23.3 Å². The topological polar surface area (TPSA) is 64.1 Å². The molecule has 140 valence electrons. The monoisotopic (exact) mass is 366 g/mol. The van der Waals surface area contributed by atoms with E-state index >= 15 is 0 Å². The number of benzene rings is 2. The van der Waals surface area contributed by atoms with Crippen molar-refractivity contribution < 1.29 is 19.2 Å². The Bertz CT molecular complexity index is 1020. The summed E-state index contributed by atoms with van der Waals surface area (Å²) in [7, 11) is 1.67. The molecule has 0 aliphatic heterocycles. The van der Waals surface area contributed by atoms with Crippen LogP contribution in [0.15, 0.2) is 51.7 Å². The van der Waals surface area contributed by atoms with E-state index in [1.54, 1.807) is 26.2 Å². The van der Waals surface area contributed by atoms with Crippen molar-refractivity contribution in [2.75, 3.05) is 7.11 Å². The van der Waals surface area contributed by atoms with Gasteiger partial charge in [0.1, 0.15) is 30.2 Å². The fraction of sp³-hybridized carbons (Fsp3) is 0.318. The molecule has 5 heteroatoms. The summed E-state index contributed by atoms with van der Waals surface area (Å²) in [6, 6.07) is 13.9. The maximum absolute atomic E-state index is 12.1. The number of hydrogen-bond acceptors (Lipinski definition) is 4. The number of methoxy groups -OCH3 is 1. The maximum atomic E-state index is 12.1. The second-order valence-corrected chi connectivity index (χ2v) is 7.31. The SMILES string of the molecule is COc1ccc(C[NH+](Cc2cc(=O)oc3c(C)c(O)ccc23)C2CC2)cc1. The van der Waals surface area contributed by atoms with Crippen molar-refractivity contribution in [3.8, 4) is 11.5 Å². The zero-order valence-electron chi connectivity index (χ0n) is 15.6. The Balaban J connectivity index is 1.66. The Morgan fingerprint density at radius 3 is 2.56 bits per heavy atom. The van der Waals surface area contributed by atoms with Crippen molar-refractivity contribution in [2.24, 2.45) is 0 Å². The summed E-state index contributed by atoms with van der Waals surface area (Å²) in [5.74, 6) is 1.00. The lowest BCUT2D eigenvalue weighted by Gasteiger charge is -2.20. The Morgan fingerprint density at radius 1 is 1.15 bits per heavy atom. The minimum Gasteiger partial charge on any atom is -0.508 e. The number of phenols is 1. The number of nitrogens with one attached hydrogen (secondary N) is 1. The van der Waals surface area contributed by atoms with Gasteiger partial charge in [-0.05, 0) is 43.3 Å². The third kappa shape index (κ3) is 3.69. The highest BCUT2D eigenvalue weighted by molar-refractivity contribution is 5.84. The van der Waals surface area contributed by atoms with Crippen molar-refractivity contribution in [3.63, 3.8) is 0 Å². The Hall–Kier alpha value is -2.79. The third-order valence-electron chi connectivity index (χ3n) is 5.38. The molecule has 1 fully saturated rings. The second-order valence-electron chi connectivity index (χ2n) is 7.31. The normalized spacial score (nSPS) is 15.0. The first-order chi connectivity index (χ1) is 13.0. The van der Waals surface area contributed by atoms with Crippen molar-refractivity contribution in [1.29, 1.82) is 0 Å². The van der Waals surface area contributed by atoms with Crippen LogP contribution >= 0.6 is 0 Å². The van der Waals surface area contributed by atoms with Crippen LogP contribution < -0.4 is 15.3 Å². The first-order valence-corrected chi connectivity index (χ1v) is 9.28. The number of quaternary nitrogens is 1. The fourth-order valence-corrected chi connectivity index (χ4v) is 3.65. The molecule has 1 aromatic heterocycles. The number of fused-ring (bicyclic) bond motifs is 1. The summed E-state index contributed by atoms with van der Waals surface area (Å²) >= 11 is 0. The Kier molecular flexibility index (Phi) is 4.62. The highest BCUT2D eigenvalue weighted by atomic mass is 16.5. The summed E-state index contributed by atoms with van der Waals surface area (Å²) in [5.41, 5.74) is 2.94. The van der Waals surface area contributed by atoms with Crippen LogP contribution in [0.3, 0.4) is 0 Å². The van der Waals surface area contributed by atoms with Crippen LogP contribution in [0.5, 0.6) is 11.5 Å². The van der Waals surface area contributed by atoms with Gasteiger partial charge in [-0.2, -0.15) is 0 Å². The average molecular weight is 366 g/mol. The van der Waals surface area contributed by atoms with E-state index in [-0.39, 0.29) is 11.4 Å². The van der Waals surface area contributed by atoms with Crippen LogP contribution in [0.1, 0.15) is 29.5 Å². The molecule has 1 aliphatic rings. The number of aromatic hydroxyl groups is 1. The molecular formula is C22H24NO4+. The molecular weight excluding hydrogens is 342 g/mol. The van der Waals surface area contributed by atoms with Crippen LogP contribution in [0.4, 0.5) is 0 Å². The quantitative estimate of drug-likeness (QED) is 0.658. The van der Waals surface area contributed by atoms with Crippen molar-refractivity contribution in [1.82, 2.24) is 0 Å². The summed E-state index contributed by atoms with van der Waals surface area (Å²) < 4.78 is 10.6. The molecule has 3 aromatic rings. The minimum absolute atomic E-state index is 0.146. The van der Waals surface area contributed by atoms with E-state index in [1.807, 2.05) is 18.2 Å². The van der Waals surface area contributed by atoms with Crippen molar-refractivity contribution >= 4 is 11.0 Å². The molecule has 0 radical (unpaired) electrons. The van der Waals surface area contributed by atoms with Crippen molar-refractivity contribution in [2.45, 2.75) is 38.9 Å². The van der Waals surface area contributed by atoms with Gasteiger partial charge in [-0.25, -0.2) is 4.79 Å². The van der Waals surface area contributed by atoms with Crippen LogP contribution in [-0.4, -0.2) is 18.3 Å². The summed E-state index contributed by atoms with van der Waals surface area (Å²) in [6.45, 7) is 3.42. The van der Waals surface area contributed by atoms with Gasteiger partial charge in [-0.3, -0.25) is 0 Å². The highest BCUT2D eigenvalue weighted by Crippen LogP contribution is 2.27. The molecule has 1 atom stereocenters. The van der Waals surface area contributed by atoms with Crippen LogP contribution in [0, 0.1) is 6.92 Å². The molecule has 5 nitrogen and oxygen atoms in total. The number of rotatable bonds is 6. The molecule has 1 unspecified atom stereocenters. The van der Waals surface area contributed by atoms with Gasteiger partial charge in [0.2, 0.25) is 0 Å². The first kappa shape index (κ1) is 17.6. The van der Waals surface area contributed by atoms with Gasteiger partial charge in [0.25, 0.3) is 0 Å². The van der Waals surface area contributed by atoms with Gasteiger partial charge in [-0.15, -0.1) is 0 Å². The lowest BCUT2D eigenvalue weighted by Crippen LogP contribution is -3.10. The smallest absolute Gasteiger partial charge is 0.336 e. The molecule has 1 aliphatic carbocycles. The maximum Gasteiger partial charge on any atom is 0.336 e. The van der Waals surface area contributed by atoms with Gasteiger partial charge < -0.3 is 19.2 Å². The fourth-order valence-electron chi connectivity index (χ4n) is 3.65. The zero-order chi connectivity index (χ0) is 19.0.